The van der Waals surface area contributed by atoms with Gasteiger partial charge in [-0.15, -0.1) is 0 Å². The predicted octanol–water partition coefficient (Wildman–Crippen LogP) is 1.31. The van der Waals surface area contributed by atoms with Crippen molar-refractivity contribution in [2.45, 2.75) is 6.10 Å². The zero-order chi connectivity index (χ0) is 13.1. The molecule has 1 amide bonds. The molecule has 1 aromatic rings. The maximum absolute atomic E-state index is 11.9. The molecule has 2 rings (SSSR count). The molecule has 1 heterocycles. The van der Waals surface area contributed by atoms with Crippen LogP contribution in [0.25, 0.3) is 0 Å². The number of benzene rings is 1. The average Bonchev–Trinajstić information content (AvgIpc) is 2.32. The number of hydrogen-bond acceptors (Lipinski definition) is 4. The van der Waals surface area contributed by atoms with Gasteiger partial charge in [-0.2, -0.15) is 0 Å². The Labute approximate surface area is 110 Å². The number of hydrogen-bond donors (Lipinski definition) is 2. The van der Waals surface area contributed by atoms with E-state index in [0.717, 1.165) is 6.54 Å². The van der Waals surface area contributed by atoms with E-state index in [1.807, 2.05) is 11.9 Å². The van der Waals surface area contributed by atoms with Crippen LogP contribution >= 0.6 is 11.6 Å². The highest BCUT2D eigenvalue weighted by Gasteiger charge is 2.25. The van der Waals surface area contributed by atoms with E-state index in [-0.39, 0.29) is 11.7 Å². The van der Waals surface area contributed by atoms with Crippen molar-refractivity contribution in [1.82, 2.24) is 4.90 Å². The van der Waals surface area contributed by atoms with Gasteiger partial charge < -0.3 is 20.1 Å². The molecule has 1 aliphatic heterocycles. The highest BCUT2D eigenvalue weighted by molar-refractivity contribution is 6.30. The molecule has 1 aromatic carbocycles. The Morgan fingerprint density at radius 3 is 3.06 bits per heavy atom. The lowest BCUT2D eigenvalue weighted by Gasteiger charge is -2.29. The predicted molar refractivity (Wildman–Crippen MR) is 69.0 cm³/mol. The average molecular weight is 271 g/mol. The van der Waals surface area contributed by atoms with Gasteiger partial charge in [-0.1, -0.05) is 11.6 Å². The number of anilines is 1. The molecular formula is C12H15ClN2O3. The third-order valence-electron chi connectivity index (χ3n) is 2.78. The molecule has 0 saturated carbocycles. The molecule has 5 nitrogen and oxygen atoms in total. The van der Waals surface area contributed by atoms with Gasteiger partial charge >= 0.3 is 0 Å². The van der Waals surface area contributed by atoms with E-state index in [4.69, 9.17) is 16.3 Å². The molecule has 6 heteroatoms. The lowest BCUT2D eigenvalue weighted by molar-refractivity contribution is -0.132. The lowest BCUT2D eigenvalue weighted by atomic mass is 10.2. The van der Waals surface area contributed by atoms with Crippen molar-refractivity contribution in [1.29, 1.82) is 0 Å². The number of halogens is 1. The van der Waals surface area contributed by atoms with Crippen molar-refractivity contribution in [3.63, 3.8) is 0 Å². The van der Waals surface area contributed by atoms with Crippen LogP contribution in [0.5, 0.6) is 5.75 Å². The summed E-state index contributed by atoms with van der Waals surface area (Å²) in [6.45, 7) is 1.89. The van der Waals surface area contributed by atoms with Crippen molar-refractivity contribution in [2.24, 2.45) is 0 Å². The minimum absolute atomic E-state index is 0.0555. The van der Waals surface area contributed by atoms with Crippen LogP contribution in [0, 0.1) is 0 Å². The zero-order valence-electron chi connectivity index (χ0n) is 10.0. The molecule has 0 radical (unpaired) electrons. The van der Waals surface area contributed by atoms with Crippen LogP contribution in [0.3, 0.4) is 0 Å². The monoisotopic (exact) mass is 270 g/mol. The van der Waals surface area contributed by atoms with Gasteiger partial charge in [0.25, 0.3) is 5.91 Å². The summed E-state index contributed by atoms with van der Waals surface area (Å²) >= 11 is 5.72. The van der Waals surface area contributed by atoms with E-state index >= 15 is 0 Å². The Balaban J connectivity index is 2.02. The van der Waals surface area contributed by atoms with Crippen LogP contribution in [0.4, 0.5) is 5.69 Å². The van der Waals surface area contributed by atoms with Crippen LogP contribution in [-0.4, -0.2) is 48.8 Å². The van der Waals surface area contributed by atoms with Crippen LogP contribution in [0.15, 0.2) is 18.2 Å². The van der Waals surface area contributed by atoms with E-state index in [2.05, 4.69) is 5.32 Å². The second-order valence-electron chi connectivity index (χ2n) is 4.27. The molecule has 1 aliphatic rings. The summed E-state index contributed by atoms with van der Waals surface area (Å²) in [7, 11) is 1.93. The maximum Gasteiger partial charge on any atom is 0.254 e. The summed E-state index contributed by atoms with van der Waals surface area (Å²) in [5.74, 6) is -0.320. The first-order chi connectivity index (χ1) is 8.56. The first-order valence-corrected chi connectivity index (χ1v) is 6.03. The number of morpholine rings is 1. The first kappa shape index (κ1) is 13.1. The van der Waals surface area contributed by atoms with Gasteiger partial charge in [-0.25, -0.2) is 0 Å². The minimum atomic E-state index is -0.515. The lowest BCUT2D eigenvalue weighted by Crippen LogP contribution is -2.46. The summed E-state index contributed by atoms with van der Waals surface area (Å²) < 4.78 is 5.38. The SMILES string of the molecule is CN1CCOC(C(=O)Nc2ccc(Cl)cc2O)C1. The van der Waals surface area contributed by atoms with Gasteiger partial charge in [-0.05, 0) is 19.2 Å². The molecule has 0 spiro atoms. The summed E-state index contributed by atoms with van der Waals surface area (Å²) in [5, 5.41) is 12.7. The Morgan fingerprint density at radius 2 is 2.39 bits per heavy atom. The van der Waals surface area contributed by atoms with E-state index in [1.54, 1.807) is 12.1 Å². The van der Waals surface area contributed by atoms with E-state index in [9.17, 15) is 9.90 Å². The number of rotatable bonds is 2. The number of nitrogens with zero attached hydrogens (tertiary/aromatic N) is 1. The van der Waals surface area contributed by atoms with Gasteiger partial charge in [-0.3, -0.25) is 4.79 Å². The molecule has 0 aliphatic carbocycles. The number of nitrogens with one attached hydrogen (secondary N) is 1. The smallest absolute Gasteiger partial charge is 0.254 e. The normalized spacial score (nSPS) is 20.7. The van der Waals surface area contributed by atoms with Gasteiger partial charge in [0.15, 0.2) is 0 Å². The molecule has 1 atom stereocenters. The fourth-order valence-electron chi connectivity index (χ4n) is 1.76. The van der Waals surface area contributed by atoms with Gasteiger partial charge in [0.1, 0.15) is 11.9 Å². The molecule has 1 saturated heterocycles. The van der Waals surface area contributed by atoms with E-state index in [1.165, 1.54) is 6.07 Å². The quantitative estimate of drug-likeness (QED) is 0.796. The third-order valence-corrected chi connectivity index (χ3v) is 3.01. The largest absolute Gasteiger partial charge is 0.506 e. The van der Waals surface area contributed by atoms with Crippen LogP contribution in [0.2, 0.25) is 5.02 Å². The number of phenols is 1. The van der Waals surface area contributed by atoms with Gasteiger partial charge in [0, 0.05) is 24.2 Å². The number of amides is 1. The zero-order valence-corrected chi connectivity index (χ0v) is 10.8. The molecule has 1 unspecified atom stereocenters. The number of likely N-dealkylation sites (N-methyl/N-ethyl adjacent to an activating group) is 1. The minimum Gasteiger partial charge on any atom is -0.506 e. The molecule has 1 fully saturated rings. The summed E-state index contributed by atoms with van der Waals surface area (Å²) in [6, 6.07) is 4.54. The highest BCUT2D eigenvalue weighted by Crippen LogP contribution is 2.26. The van der Waals surface area contributed by atoms with Gasteiger partial charge in [0.05, 0.1) is 12.3 Å². The molecular weight excluding hydrogens is 256 g/mol. The summed E-state index contributed by atoms with van der Waals surface area (Å²) in [6.07, 6.45) is -0.515. The number of aromatic hydroxyl groups is 1. The summed E-state index contributed by atoms with van der Waals surface area (Å²) in [4.78, 5) is 14.0. The van der Waals surface area contributed by atoms with Crippen LogP contribution < -0.4 is 5.32 Å². The highest BCUT2D eigenvalue weighted by atomic mass is 35.5. The van der Waals surface area contributed by atoms with Crippen molar-refractivity contribution in [3.05, 3.63) is 23.2 Å². The fourth-order valence-corrected chi connectivity index (χ4v) is 1.93. The Kier molecular flexibility index (Phi) is 4.06. The molecule has 98 valence electrons. The fraction of sp³-hybridized carbons (Fsp3) is 0.417. The Bertz CT molecular complexity index is 453. The Hall–Kier alpha value is -1.30. The maximum atomic E-state index is 11.9. The molecule has 0 bridgehead atoms. The Morgan fingerprint density at radius 1 is 1.61 bits per heavy atom. The third kappa shape index (κ3) is 3.13. The number of phenolic OH excluding ortho intramolecular Hbond substituents is 1. The molecule has 0 aromatic heterocycles. The van der Waals surface area contributed by atoms with Crippen molar-refractivity contribution >= 4 is 23.2 Å². The number of carbonyl (C=O) groups is 1. The second-order valence-corrected chi connectivity index (χ2v) is 4.71. The topological polar surface area (TPSA) is 61.8 Å². The standard InChI is InChI=1S/C12H15ClN2O3/c1-15-4-5-18-11(7-15)12(17)14-9-3-2-8(13)6-10(9)16/h2-3,6,11,16H,4-5,7H2,1H3,(H,14,17). The van der Waals surface area contributed by atoms with Crippen molar-refractivity contribution in [2.75, 3.05) is 32.1 Å². The number of carbonyl (C=O) groups excluding carboxylic acids is 1. The summed E-state index contributed by atoms with van der Waals surface area (Å²) in [5.41, 5.74) is 0.334. The second kappa shape index (κ2) is 5.56. The molecule has 18 heavy (non-hydrogen) atoms. The number of ether oxygens (including phenoxy) is 1. The van der Waals surface area contributed by atoms with E-state index in [0.29, 0.717) is 23.9 Å². The van der Waals surface area contributed by atoms with Gasteiger partial charge in [0.2, 0.25) is 0 Å². The first-order valence-electron chi connectivity index (χ1n) is 5.66. The van der Waals surface area contributed by atoms with Crippen molar-refractivity contribution in [3.8, 4) is 5.75 Å². The van der Waals surface area contributed by atoms with Crippen LogP contribution in [-0.2, 0) is 9.53 Å². The van der Waals surface area contributed by atoms with Crippen molar-refractivity contribution < 1.29 is 14.6 Å². The van der Waals surface area contributed by atoms with E-state index < -0.39 is 6.10 Å². The molecule has 2 N–H and O–H groups in total. The van der Waals surface area contributed by atoms with Crippen LogP contribution in [0.1, 0.15) is 0 Å².